The van der Waals surface area contributed by atoms with E-state index in [1.165, 1.54) is 0 Å². The highest BCUT2D eigenvalue weighted by Gasteiger charge is 2.29. The summed E-state index contributed by atoms with van der Waals surface area (Å²) in [5.41, 5.74) is 5.27. The number of piperidine rings is 1. The summed E-state index contributed by atoms with van der Waals surface area (Å²) in [6, 6.07) is 12.1. The molecule has 0 unspecified atom stereocenters. The van der Waals surface area contributed by atoms with Crippen molar-refractivity contribution in [1.29, 1.82) is 0 Å². The number of hydrogen-bond donors (Lipinski definition) is 2. The second kappa shape index (κ2) is 12.8. The molecule has 40 heavy (non-hydrogen) atoms. The molecule has 0 bridgehead atoms. The molecule has 2 heterocycles. The van der Waals surface area contributed by atoms with E-state index < -0.39 is 15.9 Å². The van der Waals surface area contributed by atoms with Crippen LogP contribution < -0.4 is 10.1 Å². The molecule has 1 amide bonds. The van der Waals surface area contributed by atoms with Crippen LogP contribution in [0.5, 0.6) is 0 Å². The Labute approximate surface area is 250 Å². The Kier molecular flexibility index (Phi) is 9.39. The van der Waals surface area contributed by atoms with Crippen LogP contribution in [0.1, 0.15) is 61.0 Å². The van der Waals surface area contributed by atoms with Gasteiger partial charge in [-0.2, -0.15) is 5.10 Å². The molecule has 0 radical (unpaired) electrons. The first kappa shape index (κ1) is 29.4. The fraction of sp³-hybridized carbons (Fsp3) is 0.429. The molecule has 8 nitrogen and oxygen atoms in total. The minimum absolute atomic E-state index is 0.0652. The summed E-state index contributed by atoms with van der Waals surface area (Å²) in [7, 11) is -3.60. The minimum Gasteiger partial charge on any atom is -0.283 e. The molecule has 1 aromatic heterocycles. The van der Waals surface area contributed by atoms with Gasteiger partial charge in [0.15, 0.2) is 5.69 Å². The molecule has 2 N–H and O–H groups in total. The number of aromatic nitrogens is 2. The fourth-order valence-electron chi connectivity index (χ4n) is 5.46. The van der Waals surface area contributed by atoms with E-state index in [1.807, 2.05) is 17.1 Å². The Morgan fingerprint density at radius 1 is 0.925 bits per heavy atom. The molecule has 2 aliphatic rings. The van der Waals surface area contributed by atoms with Gasteiger partial charge in [0.05, 0.1) is 22.2 Å². The number of sulfonamides is 1. The molecule has 214 valence electrons. The predicted octanol–water partition coefficient (Wildman–Crippen LogP) is 6.24. The van der Waals surface area contributed by atoms with Gasteiger partial charge in [-0.1, -0.05) is 66.2 Å². The maximum absolute atomic E-state index is 13.7. The normalized spacial score (nSPS) is 16.9. The van der Waals surface area contributed by atoms with Gasteiger partial charge in [-0.15, -0.1) is 0 Å². The number of nitrogens with one attached hydrogen (secondary N) is 2. The summed E-state index contributed by atoms with van der Waals surface area (Å²) in [6.45, 7) is 1.37. The van der Waals surface area contributed by atoms with Crippen LogP contribution >= 0.6 is 34.8 Å². The van der Waals surface area contributed by atoms with Gasteiger partial charge in [0, 0.05) is 40.8 Å². The lowest BCUT2D eigenvalue weighted by Crippen LogP contribution is -2.45. The lowest BCUT2D eigenvalue weighted by atomic mass is 10.0. The minimum atomic E-state index is -3.60. The van der Waals surface area contributed by atoms with E-state index in [4.69, 9.17) is 39.9 Å². The van der Waals surface area contributed by atoms with E-state index in [2.05, 4.69) is 10.1 Å². The molecule has 2 fully saturated rings. The largest absolute Gasteiger partial charge is 0.286 e. The zero-order valence-electron chi connectivity index (χ0n) is 22.0. The van der Waals surface area contributed by atoms with Crippen molar-refractivity contribution in [1.82, 2.24) is 24.9 Å². The highest BCUT2D eigenvalue weighted by Crippen LogP contribution is 2.34. The summed E-state index contributed by atoms with van der Waals surface area (Å²) < 4.78 is 30.6. The molecular weight excluding hydrogens is 593 g/mol. The number of halogens is 3. The van der Waals surface area contributed by atoms with Crippen LogP contribution in [0, 0.1) is 5.92 Å². The molecule has 3 aromatic rings. The van der Waals surface area contributed by atoms with Gasteiger partial charge in [0.1, 0.15) is 0 Å². The summed E-state index contributed by atoms with van der Waals surface area (Å²) in [5, 5.41) is 7.94. The van der Waals surface area contributed by atoms with Crippen LogP contribution in [0.3, 0.4) is 0 Å². The lowest BCUT2D eigenvalue weighted by molar-refractivity contribution is 0.0743. The summed E-state index contributed by atoms with van der Waals surface area (Å²) >= 11 is 19.0. The van der Waals surface area contributed by atoms with Crippen LogP contribution in [0.25, 0.3) is 16.9 Å². The number of carbonyl (C=O) groups is 1. The van der Waals surface area contributed by atoms with Crippen molar-refractivity contribution in [2.75, 3.05) is 18.8 Å². The van der Waals surface area contributed by atoms with Crippen molar-refractivity contribution in [3.63, 3.8) is 0 Å². The quantitative estimate of drug-likeness (QED) is 0.294. The molecule has 12 heteroatoms. The molecule has 1 aliphatic heterocycles. The van der Waals surface area contributed by atoms with Crippen LogP contribution in [-0.4, -0.2) is 48.0 Å². The van der Waals surface area contributed by atoms with Crippen molar-refractivity contribution in [2.24, 2.45) is 5.92 Å². The predicted molar refractivity (Wildman–Crippen MR) is 160 cm³/mol. The van der Waals surface area contributed by atoms with Gasteiger partial charge in [-0.3, -0.25) is 10.2 Å². The van der Waals surface area contributed by atoms with E-state index in [1.54, 1.807) is 35.0 Å². The average molecular weight is 625 g/mol. The highest BCUT2D eigenvalue weighted by atomic mass is 35.5. The van der Waals surface area contributed by atoms with E-state index in [0.29, 0.717) is 37.6 Å². The number of rotatable bonds is 9. The van der Waals surface area contributed by atoms with Gasteiger partial charge < -0.3 is 0 Å². The summed E-state index contributed by atoms with van der Waals surface area (Å²) in [5.74, 6) is -0.202. The van der Waals surface area contributed by atoms with Gasteiger partial charge in [0.2, 0.25) is 10.0 Å². The number of amides is 1. The van der Waals surface area contributed by atoms with Crippen molar-refractivity contribution >= 4 is 50.7 Å². The zero-order valence-corrected chi connectivity index (χ0v) is 25.1. The van der Waals surface area contributed by atoms with Crippen LogP contribution in [0.4, 0.5) is 0 Å². The first-order valence-corrected chi connectivity index (χ1v) is 16.4. The Bertz CT molecular complexity index is 1470. The van der Waals surface area contributed by atoms with Gasteiger partial charge >= 0.3 is 0 Å². The van der Waals surface area contributed by atoms with Crippen LogP contribution in [0.2, 0.25) is 15.1 Å². The first-order chi connectivity index (χ1) is 19.2. The monoisotopic (exact) mass is 623 g/mol. The average Bonchev–Trinajstić information content (AvgIpc) is 3.56. The van der Waals surface area contributed by atoms with E-state index in [9.17, 15) is 13.2 Å². The van der Waals surface area contributed by atoms with Crippen LogP contribution in [0.15, 0.2) is 42.5 Å². The maximum Gasteiger partial charge on any atom is 0.286 e. The van der Waals surface area contributed by atoms with E-state index in [-0.39, 0.29) is 23.9 Å². The molecule has 1 saturated heterocycles. The maximum atomic E-state index is 13.7. The van der Waals surface area contributed by atoms with Crippen molar-refractivity contribution < 1.29 is 13.2 Å². The SMILES string of the molecule is O=C(NN1CCCCC1)c1nn(-c2ccc(Cl)cc2Cl)c(-c2ccc(Cl)cc2)c1CNS(=O)(=O)CC1CCCC1. The second-order valence-corrected chi connectivity index (χ2v) is 13.6. The van der Waals surface area contributed by atoms with Gasteiger partial charge in [-0.25, -0.2) is 22.8 Å². The number of nitrogens with zero attached hydrogens (tertiary/aromatic N) is 3. The van der Waals surface area contributed by atoms with Crippen molar-refractivity contribution in [3.8, 4) is 16.9 Å². The molecule has 1 saturated carbocycles. The van der Waals surface area contributed by atoms with Crippen molar-refractivity contribution in [2.45, 2.75) is 51.5 Å². The fourth-order valence-corrected chi connectivity index (χ4v) is 7.51. The van der Waals surface area contributed by atoms with Gasteiger partial charge in [0.25, 0.3) is 5.91 Å². The summed E-state index contributed by atoms with van der Waals surface area (Å²) in [4.78, 5) is 13.7. The third-order valence-corrected chi connectivity index (χ3v) is 9.75. The molecule has 5 rings (SSSR count). The zero-order chi connectivity index (χ0) is 28.3. The smallest absolute Gasteiger partial charge is 0.283 e. The Balaban J connectivity index is 1.59. The molecule has 0 spiro atoms. The highest BCUT2D eigenvalue weighted by molar-refractivity contribution is 7.89. The topological polar surface area (TPSA) is 96.3 Å². The second-order valence-electron chi connectivity index (χ2n) is 10.4. The Morgan fingerprint density at radius 3 is 2.27 bits per heavy atom. The number of carbonyl (C=O) groups excluding carboxylic acids is 1. The third kappa shape index (κ3) is 7.01. The molecule has 2 aromatic carbocycles. The first-order valence-electron chi connectivity index (χ1n) is 13.6. The third-order valence-electron chi connectivity index (χ3n) is 7.47. The molecule has 0 atom stereocenters. The van der Waals surface area contributed by atoms with Gasteiger partial charge in [-0.05, 0) is 61.9 Å². The Hall–Kier alpha value is -2.14. The molecule has 1 aliphatic carbocycles. The summed E-state index contributed by atoms with van der Waals surface area (Å²) in [6.07, 6.45) is 7.01. The number of hydrazine groups is 1. The van der Waals surface area contributed by atoms with Crippen LogP contribution in [-0.2, 0) is 16.6 Å². The number of benzene rings is 2. The Morgan fingerprint density at radius 2 is 1.60 bits per heavy atom. The van der Waals surface area contributed by atoms with E-state index in [0.717, 1.165) is 58.0 Å². The van der Waals surface area contributed by atoms with E-state index >= 15 is 0 Å². The molecular formula is C28H32Cl3N5O3S. The standard InChI is InChI=1S/C28H32Cl3N5O3S/c29-21-10-8-20(9-11-21)27-23(17-32-40(38,39)18-19-6-2-3-7-19)26(28(37)34-35-14-4-1-5-15-35)33-36(27)25-13-12-22(30)16-24(25)31/h8-13,16,19,32H,1-7,14-15,17-18H2,(H,34,37). The number of hydrogen-bond acceptors (Lipinski definition) is 5. The lowest BCUT2D eigenvalue weighted by Gasteiger charge is -2.26. The van der Waals surface area contributed by atoms with Crippen molar-refractivity contribution in [3.05, 3.63) is 68.8 Å².